The van der Waals surface area contributed by atoms with E-state index in [0.717, 1.165) is 27.7 Å². The number of morpholine rings is 1. The molecule has 3 N–H and O–H groups in total. The molecule has 2 aromatic carbocycles. The zero-order valence-corrected chi connectivity index (χ0v) is 19.8. The monoisotopic (exact) mass is 478 g/mol. The number of aryl methyl sites for hydroxylation is 1. The van der Waals surface area contributed by atoms with Gasteiger partial charge in [-0.2, -0.15) is 0 Å². The van der Waals surface area contributed by atoms with Crippen LogP contribution in [0.3, 0.4) is 0 Å². The number of aromatic nitrogens is 1. The number of H-pyrrole nitrogens is 1. The average molecular weight is 479 g/mol. The van der Waals surface area contributed by atoms with Crippen molar-refractivity contribution in [2.45, 2.75) is 32.8 Å². The Morgan fingerprint density at radius 3 is 2.51 bits per heavy atom. The van der Waals surface area contributed by atoms with Crippen molar-refractivity contribution >= 4 is 28.6 Å². The molecule has 0 bridgehead atoms. The third-order valence-corrected chi connectivity index (χ3v) is 5.95. The zero-order valence-electron chi connectivity index (χ0n) is 19.8. The normalized spacial score (nSPS) is 13.5. The van der Waals surface area contributed by atoms with Gasteiger partial charge in [0.2, 0.25) is 17.7 Å². The van der Waals surface area contributed by atoms with Crippen molar-refractivity contribution in [3.63, 3.8) is 0 Å². The van der Waals surface area contributed by atoms with E-state index in [2.05, 4.69) is 15.8 Å². The summed E-state index contributed by atoms with van der Waals surface area (Å²) in [4.78, 5) is 41.8. The minimum atomic E-state index is -0.410. The van der Waals surface area contributed by atoms with Gasteiger partial charge in [0, 0.05) is 42.5 Å². The Kier molecular flexibility index (Phi) is 7.99. The maximum Gasteiger partial charge on any atom is 0.242 e. The van der Waals surface area contributed by atoms with Gasteiger partial charge in [-0.1, -0.05) is 30.3 Å². The highest BCUT2D eigenvalue weighted by molar-refractivity contribution is 5.92. The molecular weight excluding hydrogens is 448 g/mol. The number of fused-ring (bicyclic) bond motifs is 1. The lowest BCUT2D eigenvalue weighted by atomic mass is 10.1. The second-order valence-electron chi connectivity index (χ2n) is 8.48. The lowest BCUT2D eigenvalue weighted by molar-refractivity contribution is -0.137. The molecule has 0 radical (unpaired) electrons. The molecule has 35 heavy (non-hydrogen) atoms. The van der Waals surface area contributed by atoms with Gasteiger partial charge in [-0.25, -0.2) is 0 Å². The number of rotatable bonds is 8. The molecule has 0 saturated carbocycles. The molecule has 0 spiro atoms. The zero-order chi connectivity index (χ0) is 24.6. The first kappa shape index (κ1) is 24.3. The topological polar surface area (TPSA) is 113 Å². The number of ether oxygens (including phenoxy) is 2. The maximum absolute atomic E-state index is 12.5. The van der Waals surface area contributed by atoms with E-state index in [1.165, 1.54) is 0 Å². The molecule has 3 amide bonds. The molecule has 1 saturated heterocycles. The van der Waals surface area contributed by atoms with Crippen molar-refractivity contribution in [1.82, 2.24) is 20.7 Å². The Balaban J connectivity index is 1.29. The molecule has 4 rings (SSSR count). The summed E-state index contributed by atoms with van der Waals surface area (Å²) in [6.07, 6.45) is 0.181. The smallest absolute Gasteiger partial charge is 0.242 e. The summed E-state index contributed by atoms with van der Waals surface area (Å²) in [6, 6.07) is 15.6. The summed E-state index contributed by atoms with van der Waals surface area (Å²) < 4.78 is 11.2. The molecule has 0 aliphatic carbocycles. The molecule has 1 aliphatic rings. The van der Waals surface area contributed by atoms with Crippen LogP contribution in [-0.2, 0) is 32.1 Å². The second-order valence-corrected chi connectivity index (χ2v) is 8.48. The lowest BCUT2D eigenvalue weighted by Gasteiger charge is -2.26. The van der Waals surface area contributed by atoms with Crippen LogP contribution in [0.15, 0.2) is 48.5 Å². The molecule has 0 atom stereocenters. The van der Waals surface area contributed by atoms with Gasteiger partial charge < -0.3 is 19.4 Å². The Morgan fingerprint density at radius 2 is 1.74 bits per heavy atom. The van der Waals surface area contributed by atoms with Crippen LogP contribution in [0.1, 0.15) is 29.7 Å². The molecule has 1 aliphatic heterocycles. The number of amides is 3. The Labute approximate surface area is 203 Å². The van der Waals surface area contributed by atoms with Crippen LogP contribution in [0.5, 0.6) is 5.75 Å². The van der Waals surface area contributed by atoms with Crippen molar-refractivity contribution in [3.05, 3.63) is 65.4 Å². The summed E-state index contributed by atoms with van der Waals surface area (Å²) >= 11 is 0. The fraction of sp³-hybridized carbons (Fsp3) is 0.346. The number of carbonyl (C=O) groups excluding carboxylic acids is 3. The second kappa shape index (κ2) is 11.5. The molecule has 1 aromatic heterocycles. The molecule has 1 fully saturated rings. The molecule has 3 aromatic rings. The van der Waals surface area contributed by atoms with Crippen molar-refractivity contribution in [2.24, 2.45) is 0 Å². The quantitative estimate of drug-likeness (QED) is 0.431. The first-order valence-corrected chi connectivity index (χ1v) is 11.7. The lowest BCUT2D eigenvalue weighted by Crippen LogP contribution is -2.44. The maximum atomic E-state index is 12.5. The molecule has 9 heteroatoms. The Hall–Kier alpha value is -3.85. The summed E-state index contributed by atoms with van der Waals surface area (Å²) in [5.74, 6) is -0.139. The Bertz CT molecular complexity index is 1190. The summed E-state index contributed by atoms with van der Waals surface area (Å²) in [5, 5.41) is 0.894. The average Bonchev–Trinajstić information content (AvgIpc) is 3.20. The van der Waals surface area contributed by atoms with Crippen LogP contribution >= 0.6 is 0 Å². The van der Waals surface area contributed by atoms with E-state index in [9.17, 15) is 14.4 Å². The van der Waals surface area contributed by atoms with Gasteiger partial charge in [0.05, 0.1) is 19.6 Å². The predicted octanol–water partition coefficient (Wildman–Crippen LogP) is 2.38. The van der Waals surface area contributed by atoms with E-state index in [4.69, 9.17) is 9.47 Å². The van der Waals surface area contributed by atoms with Crippen LogP contribution in [0, 0.1) is 6.92 Å². The van der Waals surface area contributed by atoms with E-state index in [1.807, 2.05) is 55.5 Å². The van der Waals surface area contributed by atoms with Gasteiger partial charge >= 0.3 is 0 Å². The highest BCUT2D eigenvalue weighted by Crippen LogP contribution is 2.27. The summed E-state index contributed by atoms with van der Waals surface area (Å²) in [7, 11) is 0. The molecule has 2 heterocycles. The third kappa shape index (κ3) is 6.60. The number of benzene rings is 2. The SMILES string of the molecule is Cc1[nH]c2ccc(OCc3ccccc3)cc2c1CC(=O)NNC(=O)CCC(=O)N1CCOCC1. The van der Waals surface area contributed by atoms with Crippen LogP contribution in [0.25, 0.3) is 10.9 Å². The fourth-order valence-electron chi connectivity index (χ4n) is 4.02. The Morgan fingerprint density at radius 1 is 1.00 bits per heavy atom. The largest absolute Gasteiger partial charge is 0.489 e. The number of hydrazine groups is 1. The number of carbonyl (C=O) groups is 3. The summed E-state index contributed by atoms with van der Waals surface area (Å²) in [6.45, 7) is 4.47. The highest BCUT2D eigenvalue weighted by Gasteiger charge is 2.18. The molecular formula is C26H30N4O5. The first-order valence-electron chi connectivity index (χ1n) is 11.7. The number of nitrogens with one attached hydrogen (secondary N) is 3. The van der Waals surface area contributed by atoms with E-state index >= 15 is 0 Å². The third-order valence-electron chi connectivity index (χ3n) is 5.95. The predicted molar refractivity (Wildman–Crippen MR) is 130 cm³/mol. The van der Waals surface area contributed by atoms with E-state index in [1.54, 1.807) is 4.90 Å². The van der Waals surface area contributed by atoms with Crippen LogP contribution in [0.2, 0.25) is 0 Å². The first-order chi connectivity index (χ1) is 17.0. The van der Waals surface area contributed by atoms with Gasteiger partial charge in [0.25, 0.3) is 0 Å². The van der Waals surface area contributed by atoms with Gasteiger partial charge in [-0.05, 0) is 36.2 Å². The number of hydrogen-bond donors (Lipinski definition) is 3. The molecule has 9 nitrogen and oxygen atoms in total. The minimum absolute atomic E-state index is 0.00466. The highest BCUT2D eigenvalue weighted by atomic mass is 16.5. The summed E-state index contributed by atoms with van der Waals surface area (Å²) in [5.41, 5.74) is 8.53. The number of aromatic amines is 1. The van der Waals surface area contributed by atoms with Crippen molar-refractivity contribution in [1.29, 1.82) is 0 Å². The van der Waals surface area contributed by atoms with Crippen molar-refractivity contribution in [2.75, 3.05) is 26.3 Å². The van der Waals surface area contributed by atoms with Gasteiger partial charge in [-0.15, -0.1) is 0 Å². The van der Waals surface area contributed by atoms with Gasteiger partial charge in [0.15, 0.2) is 0 Å². The molecule has 184 valence electrons. The fourth-order valence-corrected chi connectivity index (χ4v) is 4.02. The van der Waals surface area contributed by atoms with Gasteiger partial charge in [0.1, 0.15) is 12.4 Å². The van der Waals surface area contributed by atoms with E-state index in [0.29, 0.717) is 38.7 Å². The van der Waals surface area contributed by atoms with Gasteiger partial charge in [-0.3, -0.25) is 25.2 Å². The van der Waals surface area contributed by atoms with Crippen LogP contribution in [-0.4, -0.2) is 53.9 Å². The number of nitrogens with zero attached hydrogens (tertiary/aromatic N) is 1. The van der Waals surface area contributed by atoms with Crippen LogP contribution in [0.4, 0.5) is 0 Å². The van der Waals surface area contributed by atoms with E-state index in [-0.39, 0.29) is 31.1 Å². The van der Waals surface area contributed by atoms with Crippen LogP contribution < -0.4 is 15.6 Å². The standard InChI is InChI=1S/C26H30N4O5/c1-18-21(16-25(32)29-28-24(31)9-10-26(33)30-11-13-34-14-12-30)22-15-20(7-8-23(22)27-18)35-17-19-5-3-2-4-6-19/h2-8,15,27H,9-14,16-17H2,1H3,(H,28,31)(H,29,32). The number of hydrogen-bond acceptors (Lipinski definition) is 5. The minimum Gasteiger partial charge on any atom is -0.489 e. The molecule has 0 unspecified atom stereocenters. The van der Waals surface area contributed by atoms with E-state index < -0.39 is 5.91 Å². The van der Waals surface area contributed by atoms with Crippen molar-refractivity contribution < 1.29 is 23.9 Å². The van der Waals surface area contributed by atoms with Crippen molar-refractivity contribution in [3.8, 4) is 5.75 Å².